The Labute approximate surface area is 160 Å². The molecule has 1 unspecified atom stereocenters. The normalized spacial score (nSPS) is 18.8. The van der Waals surface area contributed by atoms with Gasteiger partial charge in [0.05, 0.1) is 16.8 Å². The summed E-state index contributed by atoms with van der Waals surface area (Å²) in [5, 5.41) is 14.0. The second kappa shape index (κ2) is 9.30. The maximum atomic E-state index is 12.6. The van der Waals surface area contributed by atoms with E-state index in [9.17, 15) is 23.1 Å². The number of alkyl halides is 3. The lowest BCUT2D eigenvalue weighted by Gasteiger charge is -2.23. The number of halogens is 3. The average Bonchev–Trinajstić information content (AvgIpc) is 2.59. The highest BCUT2D eigenvalue weighted by atomic mass is 32.2. The molecule has 27 heavy (non-hydrogen) atoms. The molecule has 0 saturated carbocycles. The Morgan fingerprint density at radius 3 is 2.52 bits per heavy atom. The Morgan fingerprint density at radius 1 is 1.30 bits per heavy atom. The first kappa shape index (κ1) is 21.3. The summed E-state index contributed by atoms with van der Waals surface area (Å²) in [6, 6.07) is 5.02. The number of aliphatic hydroxyl groups is 1. The molecule has 0 aromatic heterocycles. The summed E-state index contributed by atoms with van der Waals surface area (Å²) in [5.74, 6) is 0.516. The quantitative estimate of drug-likeness (QED) is 0.378. The van der Waals surface area contributed by atoms with Crippen molar-refractivity contribution in [3.63, 3.8) is 0 Å². The second-order valence-corrected chi connectivity index (χ2v) is 7.44. The minimum Gasteiger partial charge on any atom is -0.511 e. The van der Waals surface area contributed by atoms with Gasteiger partial charge in [-0.05, 0) is 56.2 Å². The monoisotopic (exact) mass is 401 g/mol. The molecular weight excluding hydrogens is 379 g/mol. The van der Waals surface area contributed by atoms with E-state index in [1.54, 1.807) is 13.8 Å². The van der Waals surface area contributed by atoms with Crippen molar-refractivity contribution in [3.8, 4) is 0 Å². The number of allylic oxidation sites excluding steroid dienone is 2. The van der Waals surface area contributed by atoms with E-state index in [0.29, 0.717) is 37.3 Å². The van der Waals surface area contributed by atoms with Crippen molar-refractivity contribution in [2.24, 2.45) is 11.1 Å². The molecular formula is C19H22F3NO3S. The van der Waals surface area contributed by atoms with Crippen molar-refractivity contribution < 1.29 is 27.9 Å². The molecule has 2 rings (SSSR count). The minimum absolute atomic E-state index is 0.00286. The van der Waals surface area contributed by atoms with E-state index >= 15 is 0 Å². The van der Waals surface area contributed by atoms with Crippen molar-refractivity contribution in [3.05, 3.63) is 41.2 Å². The van der Waals surface area contributed by atoms with E-state index < -0.39 is 11.7 Å². The summed E-state index contributed by atoms with van der Waals surface area (Å²) >= 11 is 1.43. The average molecular weight is 401 g/mol. The molecule has 1 atom stereocenters. The SMILES string of the molecule is CCO/N=C(\C)C1=C(O)CC(CCSc2ccc(C(F)(F)F)cc2)CC1=O. The molecule has 8 heteroatoms. The molecule has 0 spiro atoms. The first-order valence-electron chi connectivity index (χ1n) is 8.64. The highest BCUT2D eigenvalue weighted by Gasteiger charge is 2.30. The highest BCUT2D eigenvalue weighted by Crippen LogP contribution is 2.33. The van der Waals surface area contributed by atoms with Gasteiger partial charge in [0.2, 0.25) is 0 Å². The number of Topliss-reactive ketones (excluding diaryl/α,β-unsaturated/α-hetero) is 1. The van der Waals surface area contributed by atoms with Gasteiger partial charge in [-0.1, -0.05) is 5.16 Å². The van der Waals surface area contributed by atoms with Gasteiger partial charge in [0.15, 0.2) is 5.78 Å². The van der Waals surface area contributed by atoms with Crippen LogP contribution in [0.25, 0.3) is 0 Å². The lowest BCUT2D eigenvalue weighted by molar-refractivity contribution is -0.137. The predicted octanol–water partition coefficient (Wildman–Crippen LogP) is 5.39. The molecule has 0 aliphatic heterocycles. The largest absolute Gasteiger partial charge is 0.511 e. The third kappa shape index (κ3) is 6.02. The standard InChI is InChI=1S/C19H22F3NO3S/c1-3-26-23-12(2)18-16(24)10-13(11-17(18)25)8-9-27-15-6-4-14(5-7-15)19(20,21)22/h4-7,13,24H,3,8-11H2,1-2H3/b23-12+. The van der Waals surface area contributed by atoms with Crippen molar-refractivity contribution in [1.82, 2.24) is 0 Å². The van der Waals surface area contributed by atoms with Gasteiger partial charge in [0.1, 0.15) is 12.4 Å². The van der Waals surface area contributed by atoms with Crippen molar-refractivity contribution in [1.29, 1.82) is 0 Å². The fraction of sp³-hybridized carbons (Fsp3) is 0.474. The van der Waals surface area contributed by atoms with E-state index in [1.807, 2.05) is 0 Å². The van der Waals surface area contributed by atoms with Crippen LogP contribution in [0.5, 0.6) is 0 Å². The third-order valence-corrected chi connectivity index (χ3v) is 5.24. The molecule has 1 N–H and O–H groups in total. The maximum absolute atomic E-state index is 12.6. The van der Waals surface area contributed by atoms with Crippen molar-refractivity contribution >= 4 is 23.3 Å². The van der Waals surface area contributed by atoms with Gasteiger partial charge in [-0.25, -0.2) is 0 Å². The van der Waals surface area contributed by atoms with Gasteiger partial charge in [0.25, 0.3) is 0 Å². The van der Waals surface area contributed by atoms with Crippen LogP contribution >= 0.6 is 11.8 Å². The van der Waals surface area contributed by atoms with Crippen LogP contribution in [0.3, 0.4) is 0 Å². The molecule has 148 valence electrons. The van der Waals surface area contributed by atoms with Gasteiger partial charge < -0.3 is 9.94 Å². The number of benzene rings is 1. The Bertz CT molecular complexity index is 727. The fourth-order valence-electron chi connectivity index (χ4n) is 2.88. The van der Waals surface area contributed by atoms with Crippen LogP contribution in [-0.4, -0.2) is 29.0 Å². The van der Waals surface area contributed by atoms with Crippen molar-refractivity contribution in [2.75, 3.05) is 12.4 Å². The smallest absolute Gasteiger partial charge is 0.416 e. The lowest BCUT2D eigenvalue weighted by Crippen LogP contribution is -2.24. The Kier molecular flexibility index (Phi) is 7.35. The van der Waals surface area contributed by atoms with E-state index in [2.05, 4.69) is 5.16 Å². The summed E-state index contributed by atoms with van der Waals surface area (Å²) in [6.45, 7) is 3.78. The van der Waals surface area contributed by atoms with Crippen LogP contribution in [0.4, 0.5) is 13.2 Å². The van der Waals surface area contributed by atoms with Crippen molar-refractivity contribution in [2.45, 2.75) is 44.2 Å². The molecule has 1 aliphatic rings. The zero-order valence-electron chi connectivity index (χ0n) is 15.2. The molecule has 0 heterocycles. The molecule has 0 saturated heterocycles. The number of oxime groups is 1. The van der Waals surface area contributed by atoms with Gasteiger partial charge in [0, 0.05) is 17.7 Å². The summed E-state index contributed by atoms with van der Waals surface area (Å²) in [4.78, 5) is 18.0. The zero-order chi connectivity index (χ0) is 20.0. The van der Waals surface area contributed by atoms with E-state index in [4.69, 9.17) is 4.84 Å². The van der Waals surface area contributed by atoms with Crippen LogP contribution in [0.1, 0.15) is 38.7 Å². The summed E-state index contributed by atoms with van der Waals surface area (Å²) in [7, 11) is 0. The number of ketones is 1. The number of carbonyl (C=O) groups is 1. The predicted molar refractivity (Wildman–Crippen MR) is 98.9 cm³/mol. The van der Waals surface area contributed by atoms with Crippen LogP contribution < -0.4 is 0 Å². The first-order chi connectivity index (χ1) is 12.7. The maximum Gasteiger partial charge on any atom is 0.416 e. The number of hydrogen-bond donors (Lipinski definition) is 1. The minimum atomic E-state index is -4.34. The van der Waals surface area contributed by atoms with E-state index in [0.717, 1.165) is 17.0 Å². The van der Waals surface area contributed by atoms with E-state index in [1.165, 1.54) is 23.9 Å². The highest BCUT2D eigenvalue weighted by molar-refractivity contribution is 7.99. The number of thioether (sulfide) groups is 1. The molecule has 0 radical (unpaired) electrons. The molecule has 1 aromatic rings. The molecule has 4 nitrogen and oxygen atoms in total. The number of carbonyl (C=O) groups excluding carboxylic acids is 1. The van der Waals surface area contributed by atoms with Crippen LogP contribution in [-0.2, 0) is 15.8 Å². The Morgan fingerprint density at radius 2 is 1.96 bits per heavy atom. The fourth-order valence-corrected chi connectivity index (χ4v) is 3.89. The van der Waals surface area contributed by atoms with Gasteiger partial charge in [-0.3, -0.25) is 4.79 Å². The topological polar surface area (TPSA) is 58.9 Å². The number of nitrogens with zero attached hydrogens (tertiary/aromatic N) is 1. The van der Waals surface area contributed by atoms with E-state index in [-0.39, 0.29) is 23.0 Å². The van der Waals surface area contributed by atoms with Gasteiger partial charge in [-0.15, -0.1) is 11.8 Å². The van der Waals surface area contributed by atoms with Gasteiger partial charge >= 0.3 is 6.18 Å². The molecule has 0 amide bonds. The van der Waals surface area contributed by atoms with Crippen LogP contribution in [0.15, 0.2) is 45.6 Å². The summed E-state index contributed by atoms with van der Waals surface area (Å²) < 4.78 is 37.7. The molecule has 0 fully saturated rings. The molecule has 0 bridgehead atoms. The summed E-state index contributed by atoms with van der Waals surface area (Å²) in [6.07, 6.45) is -2.97. The Balaban J connectivity index is 1.89. The molecule has 1 aliphatic carbocycles. The zero-order valence-corrected chi connectivity index (χ0v) is 16.0. The van der Waals surface area contributed by atoms with Gasteiger partial charge in [-0.2, -0.15) is 13.2 Å². The number of aliphatic hydroxyl groups excluding tert-OH is 1. The van der Waals surface area contributed by atoms with Crippen LogP contribution in [0, 0.1) is 5.92 Å². The second-order valence-electron chi connectivity index (χ2n) is 6.27. The summed E-state index contributed by atoms with van der Waals surface area (Å²) in [5.41, 5.74) is -0.0663. The lowest BCUT2D eigenvalue weighted by atomic mass is 9.84. The number of hydrogen-bond acceptors (Lipinski definition) is 5. The number of rotatable bonds is 7. The molecule has 1 aromatic carbocycles. The third-order valence-electron chi connectivity index (χ3n) is 4.19. The Hall–Kier alpha value is -1.96. The van der Waals surface area contributed by atoms with Crippen LogP contribution in [0.2, 0.25) is 0 Å². The first-order valence-corrected chi connectivity index (χ1v) is 9.63.